The van der Waals surface area contributed by atoms with Gasteiger partial charge in [0.15, 0.2) is 6.54 Å². The van der Waals surface area contributed by atoms with Gasteiger partial charge in [-0.05, 0) is 6.07 Å². The van der Waals surface area contributed by atoms with Crippen molar-refractivity contribution < 1.29 is 14.5 Å². The molecule has 0 atom stereocenters. The second kappa shape index (κ2) is 3.98. The number of aryl methyl sites for hydroxylation is 1. The summed E-state index contributed by atoms with van der Waals surface area (Å²) in [6.07, 6.45) is 0.936. The number of aromatic nitrogens is 1. The number of carboxylic acid groups (broad SMARTS) is 1. The first kappa shape index (κ1) is 10.1. The number of thiazole rings is 1. The Kier molecular flexibility index (Phi) is 2.68. The largest absolute Gasteiger partial charge is 0.473 e. The van der Waals surface area contributed by atoms with Crippen molar-refractivity contribution in [2.75, 3.05) is 0 Å². The lowest BCUT2D eigenvalue weighted by atomic mass is 10.3. The first-order valence-electron chi connectivity index (χ1n) is 4.88. The number of benzene rings is 1. The zero-order valence-electron chi connectivity index (χ0n) is 8.43. The first-order valence-corrected chi connectivity index (χ1v) is 5.70. The molecule has 0 saturated heterocycles. The maximum Gasteiger partial charge on any atom is 0.412 e. The molecule has 3 nitrogen and oxygen atoms in total. The van der Waals surface area contributed by atoms with Crippen molar-refractivity contribution in [1.82, 2.24) is 0 Å². The topological polar surface area (TPSA) is 41.2 Å². The van der Waals surface area contributed by atoms with Crippen LogP contribution < -0.4 is 4.57 Å². The lowest BCUT2D eigenvalue weighted by Gasteiger charge is -1.92. The summed E-state index contributed by atoms with van der Waals surface area (Å²) in [5.41, 5.74) is 1.02. The fourth-order valence-electron chi connectivity index (χ4n) is 1.64. The molecule has 0 spiro atoms. The normalized spacial score (nSPS) is 10.7. The predicted octanol–water partition coefficient (Wildman–Crippen LogP) is 2.30. The number of nitrogens with zero attached hydrogens (tertiary/aromatic N) is 1. The van der Waals surface area contributed by atoms with Crippen LogP contribution in [0.5, 0.6) is 0 Å². The van der Waals surface area contributed by atoms with Crippen molar-refractivity contribution in [3.05, 3.63) is 29.3 Å². The molecular formula is C11H12NO2S+. The van der Waals surface area contributed by atoms with E-state index in [1.54, 1.807) is 0 Å². The van der Waals surface area contributed by atoms with Crippen LogP contribution in [0.3, 0.4) is 0 Å². The third kappa shape index (κ3) is 1.72. The number of carboxylic acids is 1. The highest BCUT2D eigenvalue weighted by Gasteiger charge is 2.24. The Balaban J connectivity index is 2.68. The van der Waals surface area contributed by atoms with Crippen molar-refractivity contribution >= 4 is 27.5 Å². The van der Waals surface area contributed by atoms with Gasteiger partial charge in [0.2, 0.25) is 5.52 Å². The van der Waals surface area contributed by atoms with Gasteiger partial charge in [-0.2, -0.15) is 4.57 Å². The van der Waals surface area contributed by atoms with Gasteiger partial charge in [-0.3, -0.25) is 0 Å². The molecule has 1 N–H and O–H groups in total. The van der Waals surface area contributed by atoms with Crippen LogP contribution in [0.15, 0.2) is 24.3 Å². The van der Waals surface area contributed by atoms with Crippen LogP contribution in [-0.2, 0) is 6.54 Å². The molecule has 1 heterocycles. The number of aromatic carboxylic acids is 1. The molecule has 78 valence electrons. The minimum atomic E-state index is -0.843. The summed E-state index contributed by atoms with van der Waals surface area (Å²) in [6, 6.07) is 7.79. The van der Waals surface area contributed by atoms with Gasteiger partial charge < -0.3 is 5.11 Å². The fourth-order valence-corrected chi connectivity index (χ4v) is 2.66. The molecular weight excluding hydrogens is 210 g/mol. The van der Waals surface area contributed by atoms with Crippen molar-refractivity contribution in [2.45, 2.75) is 19.9 Å². The van der Waals surface area contributed by atoms with Gasteiger partial charge in [0.25, 0.3) is 0 Å². The monoisotopic (exact) mass is 222 g/mol. The van der Waals surface area contributed by atoms with Crippen molar-refractivity contribution in [1.29, 1.82) is 0 Å². The summed E-state index contributed by atoms with van der Waals surface area (Å²) in [4.78, 5) is 11.1. The standard InChI is InChI=1S/C11H11NO2S/c1-2-7-12-8-5-3-4-6-9(8)15-10(12)11(13)14/h3-6H,2,7H2,1H3/p+1. The smallest absolute Gasteiger partial charge is 0.412 e. The zero-order chi connectivity index (χ0) is 10.8. The highest BCUT2D eigenvalue weighted by molar-refractivity contribution is 7.19. The number of fused-ring (bicyclic) bond motifs is 1. The fraction of sp³-hybridized carbons (Fsp3) is 0.273. The van der Waals surface area contributed by atoms with E-state index < -0.39 is 5.97 Å². The van der Waals surface area contributed by atoms with Gasteiger partial charge in [-0.15, -0.1) is 0 Å². The van der Waals surface area contributed by atoms with Gasteiger partial charge >= 0.3 is 11.0 Å². The second-order valence-corrected chi connectivity index (χ2v) is 4.36. The molecule has 0 aliphatic heterocycles. The van der Waals surface area contributed by atoms with Crippen molar-refractivity contribution in [3.63, 3.8) is 0 Å². The Bertz CT molecular complexity index is 504. The third-order valence-electron chi connectivity index (χ3n) is 2.24. The Morgan fingerprint density at radius 1 is 1.47 bits per heavy atom. The molecule has 1 aromatic heterocycles. The van der Waals surface area contributed by atoms with Crippen molar-refractivity contribution in [2.24, 2.45) is 0 Å². The van der Waals surface area contributed by atoms with Crippen LogP contribution in [0.4, 0.5) is 0 Å². The van der Waals surface area contributed by atoms with E-state index >= 15 is 0 Å². The predicted molar refractivity (Wildman–Crippen MR) is 59.3 cm³/mol. The molecule has 2 rings (SSSR count). The van der Waals surface area contributed by atoms with Crippen LogP contribution in [0, 0.1) is 0 Å². The molecule has 0 aliphatic carbocycles. The molecule has 4 heteroatoms. The maximum atomic E-state index is 11.1. The Morgan fingerprint density at radius 3 is 2.87 bits per heavy atom. The average molecular weight is 222 g/mol. The number of rotatable bonds is 3. The molecule has 0 fully saturated rings. The SMILES string of the molecule is CCC[n+]1c(C(=O)O)sc2ccccc21. The number of hydrogen-bond donors (Lipinski definition) is 1. The Hall–Kier alpha value is -1.42. The van der Waals surface area contributed by atoms with Crippen LogP contribution in [0.25, 0.3) is 10.2 Å². The molecule has 0 radical (unpaired) electrons. The lowest BCUT2D eigenvalue weighted by molar-refractivity contribution is -0.669. The van der Waals surface area contributed by atoms with E-state index in [1.165, 1.54) is 11.3 Å². The number of carbonyl (C=O) groups is 1. The van der Waals surface area contributed by atoms with Crippen LogP contribution in [0.2, 0.25) is 0 Å². The highest BCUT2D eigenvalue weighted by atomic mass is 32.1. The quantitative estimate of drug-likeness (QED) is 0.809. The minimum absolute atomic E-state index is 0.415. The van der Waals surface area contributed by atoms with Crippen molar-refractivity contribution in [3.8, 4) is 0 Å². The molecule has 0 aliphatic rings. The summed E-state index contributed by atoms with van der Waals surface area (Å²) in [5, 5.41) is 9.50. The first-order chi connectivity index (χ1) is 7.24. The molecule has 15 heavy (non-hydrogen) atoms. The highest BCUT2D eigenvalue weighted by Crippen LogP contribution is 2.20. The molecule has 0 saturated carbocycles. The number of hydrogen-bond acceptors (Lipinski definition) is 2. The van der Waals surface area contributed by atoms with Gasteiger partial charge in [0.1, 0.15) is 4.70 Å². The minimum Gasteiger partial charge on any atom is -0.473 e. The Labute approximate surface area is 91.6 Å². The molecule has 2 aromatic rings. The summed E-state index contributed by atoms with van der Waals surface area (Å²) in [7, 11) is 0. The summed E-state index contributed by atoms with van der Waals surface area (Å²) >= 11 is 1.34. The van der Waals surface area contributed by atoms with E-state index in [1.807, 2.05) is 35.8 Å². The van der Waals surface area contributed by atoms with E-state index in [2.05, 4.69) is 0 Å². The summed E-state index contributed by atoms with van der Waals surface area (Å²) < 4.78 is 2.91. The van der Waals surface area contributed by atoms with Crippen LogP contribution in [-0.4, -0.2) is 11.1 Å². The summed E-state index contributed by atoms with van der Waals surface area (Å²) in [5.74, 6) is -0.843. The van der Waals surface area contributed by atoms with Gasteiger partial charge in [0, 0.05) is 12.5 Å². The van der Waals surface area contributed by atoms with Crippen LogP contribution >= 0.6 is 11.3 Å². The van der Waals surface area contributed by atoms with Gasteiger partial charge in [0.05, 0.1) is 0 Å². The number of para-hydroxylation sites is 1. The van der Waals surface area contributed by atoms with Gasteiger partial charge in [-0.25, -0.2) is 4.79 Å². The van der Waals surface area contributed by atoms with E-state index in [0.29, 0.717) is 5.01 Å². The van der Waals surface area contributed by atoms with Crippen LogP contribution in [0.1, 0.15) is 23.1 Å². The third-order valence-corrected chi connectivity index (χ3v) is 3.39. The second-order valence-electron chi connectivity index (χ2n) is 3.33. The molecule has 0 bridgehead atoms. The maximum absolute atomic E-state index is 11.1. The zero-order valence-corrected chi connectivity index (χ0v) is 9.25. The molecule has 0 amide bonds. The molecule has 0 unspecified atom stereocenters. The Morgan fingerprint density at radius 2 is 2.20 bits per heavy atom. The van der Waals surface area contributed by atoms with E-state index in [4.69, 9.17) is 5.11 Å². The average Bonchev–Trinajstić information content (AvgIpc) is 2.58. The summed E-state index contributed by atoms with van der Waals surface area (Å²) in [6.45, 7) is 2.80. The van der Waals surface area contributed by atoms with E-state index in [-0.39, 0.29) is 0 Å². The lowest BCUT2D eigenvalue weighted by Crippen LogP contribution is -2.38. The molecule has 1 aromatic carbocycles. The van der Waals surface area contributed by atoms with Gasteiger partial charge in [-0.1, -0.05) is 30.4 Å². The van der Waals surface area contributed by atoms with E-state index in [9.17, 15) is 4.79 Å². The van der Waals surface area contributed by atoms with E-state index in [0.717, 1.165) is 23.2 Å².